The van der Waals surface area contributed by atoms with Crippen LogP contribution in [-0.4, -0.2) is 12.4 Å². The summed E-state index contributed by atoms with van der Waals surface area (Å²) < 4.78 is 6.24. The number of ether oxygens (including phenoxy) is 1. The van der Waals surface area contributed by atoms with E-state index in [2.05, 4.69) is 15.9 Å². The summed E-state index contributed by atoms with van der Waals surface area (Å²) in [6, 6.07) is 10.8. The molecule has 0 amide bonds. The molecule has 0 N–H and O–H groups in total. The van der Waals surface area contributed by atoms with E-state index in [1.165, 1.54) is 0 Å². The number of rotatable bonds is 2. The molecule has 4 heteroatoms. The zero-order valence-electron chi connectivity index (χ0n) is 9.95. The minimum Gasteiger partial charge on any atom is -0.493 e. The molecular formula is C15H10BrClO2. The molecule has 0 unspecified atom stereocenters. The highest BCUT2D eigenvalue weighted by Gasteiger charge is 2.16. The minimum absolute atomic E-state index is 0.0297. The van der Waals surface area contributed by atoms with Crippen molar-refractivity contribution in [1.29, 1.82) is 0 Å². The van der Waals surface area contributed by atoms with E-state index in [0.29, 0.717) is 22.8 Å². The van der Waals surface area contributed by atoms with Crippen molar-refractivity contribution in [3.63, 3.8) is 0 Å². The quantitative estimate of drug-likeness (QED) is 0.765. The van der Waals surface area contributed by atoms with E-state index in [1.54, 1.807) is 24.3 Å². The van der Waals surface area contributed by atoms with E-state index in [9.17, 15) is 4.79 Å². The molecule has 0 aromatic heterocycles. The molecule has 1 aliphatic heterocycles. The number of halogens is 2. The molecule has 0 fully saturated rings. The van der Waals surface area contributed by atoms with Gasteiger partial charge in [0.15, 0.2) is 5.78 Å². The van der Waals surface area contributed by atoms with Gasteiger partial charge in [0.25, 0.3) is 0 Å². The first kappa shape index (κ1) is 12.7. The lowest BCUT2D eigenvalue weighted by molar-refractivity contribution is 0.103. The van der Waals surface area contributed by atoms with Crippen LogP contribution in [0, 0.1) is 0 Å². The number of ketones is 1. The van der Waals surface area contributed by atoms with E-state index < -0.39 is 0 Å². The third kappa shape index (κ3) is 2.53. The van der Waals surface area contributed by atoms with Crippen molar-refractivity contribution < 1.29 is 9.53 Å². The van der Waals surface area contributed by atoms with Crippen LogP contribution < -0.4 is 4.74 Å². The molecule has 0 saturated heterocycles. The standard InChI is InChI=1S/C15H10BrClO2/c16-12-6-11(7-13(17)8-12)15(18)10-1-2-14-9(5-10)3-4-19-14/h1-2,5-8H,3-4H2. The van der Waals surface area contributed by atoms with Crippen LogP contribution >= 0.6 is 27.5 Å². The maximum Gasteiger partial charge on any atom is 0.193 e. The fourth-order valence-electron chi connectivity index (χ4n) is 2.18. The van der Waals surface area contributed by atoms with Gasteiger partial charge >= 0.3 is 0 Å². The number of benzene rings is 2. The van der Waals surface area contributed by atoms with E-state index in [0.717, 1.165) is 22.2 Å². The zero-order valence-corrected chi connectivity index (χ0v) is 12.3. The predicted molar refractivity (Wildman–Crippen MR) is 78.2 cm³/mol. The SMILES string of the molecule is O=C(c1cc(Cl)cc(Br)c1)c1ccc2c(c1)CCO2. The Balaban J connectivity index is 1.99. The molecule has 0 bridgehead atoms. The largest absolute Gasteiger partial charge is 0.493 e. The number of carbonyl (C=O) groups excluding carboxylic acids is 1. The van der Waals surface area contributed by atoms with Crippen molar-refractivity contribution in [1.82, 2.24) is 0 Å². The monoisotopic (exact) mass is 336 g/mol. The Labute approximate surface area is 124 Å². The Morgan fingerprint density at radius 3 is 2.79 bits per heavy atom. The Morgan fingerprint density at radius 2 is 2.00 bits per heavy atom. The van der Waals surface area contributed by atoms with Crippen molar-refractivity contribution in [3.8, 4) is 5.75 Å². The molecule has 2 nitrogen and oxygen atoms in total. The van der Waals surface area contributed by atoms with Crippen molar-refractivity contribution in [3.05, 3.63) is 62.6 Å². The lowest BCUT2D eigenvalue weighted by Gasteiger charge is -2.05. The van der Waals surface area contributed by atoms with Gasteiger partial charge in [-0.2, -0.15) is 0 Å². The Kier molecular flexibility index (Phi) is 3.33. The molecule has 2 aromatic carbocycles. The topological polar surface area (TPSA) is 26.3 Å². The summed E-state index contributed by atoms with van der Waals surface area (Å²) in [6.45, 7) is 0.690. The van der Waals surface area contributed by atoms with E-state index in [1.807, 2.05) is 12.1 Å². The molecule has 3 rings (SSSR count). The van der Waals surface area contributed by atoms with Gasteiger partial charge in [0.2, 0.25) is 0 Å². The predicted octanol–water partition coefficient (Wildman–Crippen LogP) is 4.27. The number of carbonyl (C=O) groups is 1. The summed E-state index contributed by atoms with van der Waals surface area (Å²) >= 11 is 9.32. The molecule has 2 aromatic rings. The molecule has 19 heavy (non-hydrogen) atoms. The fraction of sp³-hybridized carbons (Fsp3) is 0.133. The van der Waals surface area contributed by atoms with Gasteiger partial charge in [0, 0.05) is 27.0 Å². The molecule has 1 heterocycles. The van der Waals surface area contributed by atoms with Crippen LogP contribution in [0.2, 0.25) is 5.02 Å². The molecule has 0 spiro atoms. The smallest absolute Gasteiger partial charge is 0.193 e. The van der Waals surface area contributed by atoms with Crippen molar-refractivity contribution in [2.24, 2.45) is 0 Å². The normalized spacial score (nSPS) is 12.9. The van der Waals surface area contributed by atoms with Crippen molar-refractivity contribution in [2.45, 2.75) is 6.42 Å². The van der Waals surface area contributed by atoms with Crippen molar-refractivity contribution >= 4 is 33.3 Å². The zero-order chi connectivity index (χ0) is 13.4. The van der Waals surface area contributed by atoms with Crippen LogP contribution in [0.4, 0.5) is 0 Å². The number of hydrogen-bond acceptors (Lipinski definition) is 2. The van der Waals surface area contributed by atoms with E-state index in [-0.39, 0.29) is 5.78 Å². The van der Waals surface area contributed by atoms with Gasteiger partial charge < -0.3 is 4.74 Å². The Morgan fingerprint density at radius 1 is 1.16 bits per heavy atom. The summed E-state index contributed by atoms with van der Waals surface area (Å²) in [4.78, 5) is 12.4. The Bertz CT molecular complexity index is 647. The van der Waals surface area contributed by atoms with Gasteiger partial charge in [0.05, 0.1) is 6.61 Å². The molecule has 96 valence electrons. The molecule has 0 aliphatic carbocycles. The highest BCUT2D eigenvalue weighted by Crippen LogP contribution is 2.28. The average molecular weight is 338 g/mol. The van der Waals surface area contributed by atoms with Gasteiger partial charge in [-0.1, -0.05) is 27.5 Å². The lowest BCUT2D eigenvalue weighted by Crippen LogP contribution is -2.01. The first-order valence-corrected chi connectivity index (χ1v) is 7.07. The van der Waals surface area contributed by atoms with Crippen LogP contribution in [0.1, 0.15) is 21.5 Å². The molecule has 0 atom stereocenters. The van der Waals surface area contributed by atoms with Crippen LogP contribution in [0.3, 0.4) is 0 Å². The van der Waals surface area contributed by atoms with Crippen LogP contribution in [0.25, 0.3) is 0 Å². The summed E-state index contributed by atoms with van der Waals surface area (Å²) in [5.41, 5.74) is 2.34. The van der Waals surface area contributed by atoms with E-state index in [4.69, 9.17) is 16.3 Å². The lowest BCUT2D eigenvalue weighted by atomic mass is 10.0. The maximum absolute atomic E-state index is 12.4. The second-order valence-corrected chi connectivity index (χ2v) is 5.76. The molecule has 1 aliphatic rings. The molecular weight excluding hydrogens is 328 g/mol. The first-order chi connectivity index (χ1) is 9.13. The summed E-state index contributed by atoms with van der Waals surface area (Å²) in [5, 5.41) is 0.544. The summed E-state index contributed by atoms with van der Waals surface area (Å²) in [7, 11) is 0. The van der Waals surface area contributed by atoms with Crippen LogP contribution in [0.15, 0.2) is 40.9 Å². The molecule has 0 saturated carbocycles. The summed E-state index contributed by atoms with van der Waals surface area (Å²) in [6.07, 6.45) is 0.857. The minimum atomic E-state index is -0.0297. The third-order valence-corrected chi connectivity index (χ3v) is 3.75. The highest BCUT2D eigenvalue weighted by atomic mass is 79.9. The Hall–Kier alpha value is -1.32. The third-order valence-electron chi connectivity index (χ3n) is 3.08. The number of fused-ring (bicyclic) bond motifs is 1. The van der Waals surface area contributed by atoms with Gasteiger partial charge in [0.1, 0.15) is 5.75 Å². The first-order valence-electron chi connectivity index (χ1n) is 5.90. The van der Waals surface area contributed by atoms with Crippen molar-refractivity contribution in [2.75, 3.05) is 6.61 Å². The van der Waals surface area contributed by atoms with E-state index >= 15 is 0 Å². The molecule has 0 radical (unpaired) electrons. The van der Waals surface area contributed by atoms with Gasteiger partial charge in [-0.15, -0.1) is 0 Å². The van der Waals surface area contributed by atoms with Crippen LogP contribution in [-0.2, 0) is 6.42 Å². The second-order valence-electron chi connectivity index (χ2n) is 4.41. The van der Waals surface area contributed by atoms with Gasteiger partial charge in [-0.05, 0) is 42.0 Å². The highest BCUT2D eigenvalue weighted by molar-refractivity contribution is 9.10. The fourth-order valence-corrected chi connectivity index (χ4v) is 3.04. The average Bonchev–Trinajstić information content (AvgIpc) is 2.83. The number of hydrogen-bond donors (Lipinski definition) is 0. The second kappa shape index (κ2) is 4.99. The van der Waals surface area contributed by atoms with Gasteiger partial charge in [-0.25, -0.2) is 0 Å². The maximum atomic E-state index is 12.4. The van der Waals surface area contributed by atoms with Crippen LogP contribution in [0.5, 0.6) is 5.75 Å². The summed E-state index contributed by atoms with van der Waals surface area (Å²) in [5.74, 6) is 0.849. The van der Waals surface area contributed by atoms with Gasteiger partial charge in [-0.3, -0.25) is 4.79 Å².